The zero-order valence-electron chi connectivity index (χ0n) is 22.2. The number of carbonyl (C=O) groups excluding carboxylic acids is 1. The highest BCUT2D eigenvalue weighted by Gasteiger charge is 2.25. The number of hydrogen-bond acceptors (Lipinski definition) is 7. The van der Waals surface area contributed by atoms with Gasteiger partial charge >= 0.3 is 0 Å². The fraction of sp³-hybridized carbons (Fsp3) is 0.407. The molecule has 0 bridgehead atoms. The van der Waals surface area contributed by atoms with Crippen molar-refractivity contribution in [2.45, 2.75) is 32.6 Å². The van der Waals surface area contributed by atoms with Crippen LogP contribution in [0.4, 0.5) is 11.4 Å². The normalized spacial score (nSPS) is 14.5. The maximum Gasteiger partial charge on any atom is 0.243 e. The lowest BCUT2D eigenvalue weighted by Crippen LogP contribution is -2.44. The average Bonchev–Trinajstić information content (AvgIpc) is 3.24. The van der Waals surface area contributed by atoms with E-state index < -0.39 is 10.0 Å². The standard InChI is InChI=1S/C27H34N4O6S/c1-5-21(26-20-15-23(36-2)24(37-3)16-22(20)29-27(26)33)28-18-9-11-19(12-10-18)31(38(4,34)35)17-25(32)30-13-7-6-8-14-30/h9-12,15-16,29,33H,5-8,13-14,17H2,1-4H3. The second-order valence-corrected chi connectivity index (χ2v) is 11.1. The van der Waals surface area contributed by atoms with E-state index in [0.717, 1.165) is 35.2 Å². The number of fused-ring (bicyclic) bond motifs is 1. The highest BCUT2D eigenvalue weighted by Crippen LogP contribution is 2.38. The van der Waals surface area contributed by atoms with E-state index in [1.54, 1.807) is 55.5 Å². The molecule has 2 N–H and O–H groups in total. The van der Waals surface area contributed by atoms with Crippen molar-refractivity contribution >= 4 is 43.9 Å². The molecule has 1 amide bonds. The van der Waals surface area contributed by atoms with Crippen LogP contribution >= 0.6 is 0 Å². The molecule has 1 aliphatic rings. The summed E-state index contributed by atoms with van der Waals surface area (Å²) in [4.78, 5) is 22.2. The molecule has 1 saturated heterocycles. The quantitative estimate of drug-likeness (QED) is 0.391. The molecule has 3 aromatic rings. The Labute approximate surface area is 222 Å². The summed E-state index contributed by atoms with van der Waals surface area (Å²) in [5.41, 5.74) is 2.83. The van der Waals surface area contributed by atoms with Gasteiger partial charge in [0, 0.05) is 24.5 Å². The number of amides is 1. The van der Waals surface area contributed by atoms with Gasteiger partial charge in [0.1, 0.15) is 6.54 Å². The van der Waals surface area contributed by atoms with Crippen molar-refractivity contribution in [3.8, 4) is 17.4 Å². The molecular formula is C27H34N4O6S. The van der Waals surface area contributed by atoms with Gasteiger partial charge in [-0.2, -0.15) is 0 Å². The van der Waals surface area contributed by atoms with E-state index in [4.69, 9.17) is 14.5 Å². The molecular weight excluding hydrogens is 508 g/mol. The van der Waals surface area contributed by atoms with Gasteiger partial charge in [-0.15, -0.1) is 0 Å². The highest BCUT2D eigenvalue weighted by molar-refractivity contribution is 7.92. The van der Waals surface area contributed by atoms with Gasteiger partial charge in [0.05, 0.1) is 48.6 Å². The van der Waals surface area contributed by atoms with Crippen LogP contribution in [0.15, 0.2) is 41.4 Å². The predicted octanol–water partition coefficient (Wildman–Crippen LogP) is 4.20. The third kappa shape index (κ3) is 5.72. The summed E-state index contributed by atoms with van der Waals surface area (Å²) in [5, 5.41) is 11.4. The maximum absolute atomic E-state index is 12.8. The molecule has 0 spiro atoms. The number of piperidine rings is 1. The topological polar surface area (TPSA) is 125 Å². The van der Waals surface area contributed by atoms with Gasteiger partial charge in [-0.1, -0.05) is 6.92 Å². The molecule has 0 atom stereocenters. The molecule has 0 radical (unpaired) electrons. The number of hydrogen-bond donors (Lipinski definition) is 2. The molecule has 1 fully saturated rings. The fourth-order valence-corrected chi connectivity index (χ4v) is 5.58. The molecule has 204 valence electrons. The van der Waals surface area contributed by atoms with E-state index in [2.05, 4.69) is 4.98 Å². The number of aromatic hydroxyl groups is 1. The Hall–Kier alpha value is -3.73. The largest absolute Gasteiger partial charge is 0.494 e. The first kappa shape index (κ1) is 27.3. The number of sulfonamides is 1. The van der Waals surface area contributed by atoms with Crippen LogP contribution in [0.2, 0.25) is 0 Å². The SMILES string of the molecule is CCC(=Nc1ccc(N(CC(=O)N2CCCCC2)S(C)(=O)=O)cc1)c1c(O)[nH]c2cc(OC)c(OC)cc12. The van der Waals surface area contributed by atoms with Gasteiger partial charge < -0.3 is 24.5 Å². The van der Waals surface area contributed by atoms with Crippen molar-refractivity contribution in [2.24, 2.45) is 4.99 Å². The number of nitrogens with zero attached hydrogens (tertiary/aromatic N) is 3. The van der Waals surface area contributed by atoms with Crippen LogP contribution in [0.3, 0.4) is 0 Å². The summed E-state index contributed by atoms with van der Waals surface area (Å²) >= 11 is 0. The average molecular weight is 543 g/mol. The van der Waals surface area contributed by atoms with E-state index in [9.17, 15) is 18.3 Å². The number of aliphatic imine (C=N–C) groups is 1. The number of rotatable bonds is 9. The molecule has 1 aromatic heterocycles. The van der Waals surface area contributed by atoms with Gasteiger partial charge in [-0.3, -0.25) is 14.1 Å². The second kappa shape index (κ2) is 11.3. The summed E-state index contributed by atoms with van der Waals surface area (Å²) < 4.78 is 37.0. The van der Waals surface area contributed by atoms with Crippen molar-refractivity contribution in [3.05, 3.63) is 42.0 Å². The lowest BCUT2D eigenvalue weighted by atomic mass is 10.1. The number of ether oxygens (including phenoxy) is 2. The van der Waals surface area contributed by atoms with Crippen LogP contribution in [0.25, 0.3) is 10.9 Å². The summed E-state index contributed by atoms with van der Waals surface area (Å²) in [5.74, 6) is 0.840. The van der Waals surface area contributed by atoms with Crippen LogP contribution < -0.4 is 13.8 Å². The number of likely N-dealkylation sites (tertiary alicyclic amines) is 1. The first-order valence-corrected chi connectivity index (χ1v) is 14.4. The monoisotopic (exact) mass is 542 g/mol. The number of H-pyrrole nitrogens is 1. The Balaban J connectivity index is 1.64. The van der Waals surface area contributed by atoms with Crippen LogP contribution in [-0.2, 0) is 14.8 Å². The Morgan fingerprint density at radius 3 is 2.29 bits per heavy atom. The summed E-state index contributed by atoms with van der Waals surface area (Å²) in [7, 11) is -0.586. The van der Waals surface area contributed by atoms with Crippen molar-refractivity contribution in [3.63, 3.8) is 0 Å². The van der Waals surface area contributed by atoms with Crippen LogP contribution in [0, 0.1) is 0 Å². The minimum Gasteiger partial charge on any atom is -0.494 e. The van der Waals surface area contributed by atoms with Crippen LogP contribution in [0.5, 0.6) is 17.4 Å². The molecule has 0 saturated carbocycles. The summed E-state index contributed by atoms with van der Waals surface area (Å²) in [6.45, 7) is 3.01. The van der Waals surface area contributed by atoms with Gasteiger partial charge in [-0.25, -0.2) is 8.42 Å². The number of benzene rings is 2. The van der Waals surface area contributed by atoms with Gasteiger partial charge in [0.2, 0.25) is 15.9 Å². The first-order chi connectivity index (χ1) is 18.2. The molecule has 0 unspecified atom stereocenters. The Kier molecular flexibility index (Phi) is 8.15. The predicted molar refractivity (Wildman–Crippen MR) is 149 cm³/mol. The molecule has 38 heavy (non-hydrogen) atoms. The smallest absolute Gasteiger partial charge is 0.243 e. The molecule has 10 nitrogen and oxygen atoms in total. The zero-order chi connectivity index (χ0) is 27.4. The highest BCUT2D eigenvalue weighted by atomic mass is 32.2. The third-order valence-electron chi connectivity index (χ3n) is 6.70. The number of anilines is 1. The van der Waals surface area contributed by atoms with Crippen molar-refractivity contribution in [1.82, 2.24) is 9.88 Å². The van der Waals surface area contributed by atoms with E-state index >= 15 is 0 Å². The van der Waals surface area contributed by atoms with E-state index in [-0.39, 0.29) is 18.3 Å². The Bertz CT molecular complexity index is 1440. The van der Waals surface area contributed by atoms with Crippen molar-refractivity contribution in [2.75, 3.05) is 44.4 Å². The Morgan fingerprint density at radius 1 is 1.08 bits per heavy atom. The molecule has 11 heteroatoms. The molecule has 1 aliphatic heterocycles. The lowest BCUT2D eigenvalue weighted by molar-refractivity contribution is -0.130. The fourth-order valence-electron chi connectivity index (χ4n) is 4.73. The van der Waals surface area contributed by atoms with E-state index in [0.29, 0.717) is 59.2 Å². The number of aromatic amines is 1. The molecule has 2 aromatic carbocycles. The van der Waals surface area contributed by atoms with Crippen molar-refractivity contribution in [1.29, 1.82) is 0 Å². The van der Waals surface area contributed by atoms with E-state index in [1.165, 1.54) is 0 Å². The molecule has 0 aliphatic carbocycles. The number of nitrogens with one attached hydrogen (secondary N) is 1. The second-order valence-electron chi connectivity index (χ2n) is 9.24. The zero-order valence-corrected chi connectivity index (χ0v) is 23.0. The van der Waals surface area contributed by atoms with Gasteiger partial charge in [0.15, 0.2) is 17.4 Å². The summed E-state index contributed by atoms with van der Waals surface area (Å²) in [6, 6.07) is 10.2. The van der Waals surface area contributed by atoms with Gasteiger partial charge in [0.25, 0.3) is 0 Å². The van der Waals surface area contributed by atoms with Gasteiger partial charge in [-0.05, 0) is 56.0 Å². The van der Waals surface area contributed by atoms with E-state index in [1.807, 2.05) is 6.92 Å². The minimum absolute atomic E-state index is 0.0213. The third-order valence-corrected chi connectivity index (χ3v) is 7.84. The first-order valence-electron chi connectivity index (χ1n) is 12.6. The molecule has 4 rings (SSSR count). The Morgan fingerprint density at radius 2 is 1.71 bits per heavy atom. The maximum atomic E-state index is 12.8. The number of aromatic nitrogens is 1. The molecule has 2 heterocycles. The number of carbonyl (C=O) groups is 1. The summed E-state index contributed by atoms with van der Waals surface area (Å²) in [6.07, 6.45) is 4.57. The number of methoxy groups -OCH3 is 2. The minimum atomic E-state index is -3.68. The van der Waals surface area contributed by atoms with Crippen molar-refractivity contribution < 1.29 is 27.8 Å². The lowest BCUT2D eigenvalue weighted by Gasteiger charge is -2.30. The van der Waals surface area contributed by atoms with Crippen LogP contribution in [-0.4, -0.2) is 75.1 Å². The van der Waals surface area contributed by atoms with Crippen LogP contribution in [0.1, 0.15) is 38.2 Å².